The predicted molar refractivity (Wildman–Crippen MR) is 76.9 cm³/mol. The fourth-order valence-corrected chi connectivity index (χ4v) is 3.85. The number of thioether (sulfide) groups is 1. The van der Waals surface area contributed by atoms with Gasteiger partial charge in [-0.15, -0.1) is 23.1 Å². The van der Waals surface area contributed by atoms with Crippen LogP contribution in [-0.2, 0) is 10.5 Å². The Bertz CT molecular complexity index is 367. The zero-order valence-corrected chi connectivity index (χ0v) is 11.9. The molecule has 1 aliphatic carbocycles. The van der Waals surface area contributed by atoms with Crippen molar-refractivity contribution in [1.29, 1.82) is 0 Å². The van der Waals surface area contributed by atoms with Gasteiger partial charge in [0.1, 0.15) is 0 Å². The lowest BCUT2D eigenvalue weighted by Crippen LogP contribution is -2.45. The molecular weight excluding hydrogens is 266 g/mol. The van der Waals surface area contributed by atoms with Crippen molar-refractivity contribution in [2.75, 3.05) is 5.75 Å². The molecule has 2 N–H and O–H groups in total. The number of carbonyl (C=O) groups excluding carboxylic acids is 1. The highest BCUT2D eigenvalue weighted by atomic mass is 32.2. The zero-order valence-electron chi connectivity index (χ0n) is 10.3. The molecule has 2 rings (SSSR count). The second-order valence-electron chi connectivity index (χ2n) is 4.60. The van der Waals surface area contributed by atoms with Crippen molar-refractivity contribution in [3.63, 3.8) is 0 Å². The zero-order chi connectivity index (χ0) is 12.8. The summed E-state index contributed by atoms with van der Waals surface area (Å²) >= 11 is 3.34. The van der Waals surface area contributed by atoms with Gasteiger partial charge in [-0.1, -0.05) is 18.9 Å². The van der Waals surface area contributed by atoms with Crippen LogP contribution in [0.15, 0.2) is 17.5 Å². The summed E-state index contributed by atoms with van der Waals surface area (Å²) in [5.74, 6) is 1.40. The molecule has 0 bridgehead atoms. The van der Waals surface area contributed by atoms with Crippen molar-refractivity contribution in [2.45, 2.75) is 43.6 Å². The number of aliphatic hydroxyl groups is 1. The van der Waals surface area contributed by atoms with E-state index in [9.17, 15) is 9.90 Å². The van der Waals surface area contributed by atoms with Gasteiger partial charge in [0.25, 0.3) is 0 Å². The van der Waals surface area contributed by atoms with Crippen molar-refractivity contribution in [2.24, 2.45) is 0 Å². The first-order valence-electron chi connectivity index (χ1n) is 6.33. The number of hydrogen-bond donors (Lipinski definition) is 2. The molecule has 1 amide bonds. The Hall–Kier alpha value is -0.520. The van der Waals surface area contributed by atoms with E-state index >= 15 is 0 Å². The Morgan fingerprint density at radius 3 is 3.06 bits per heavy atom. The Balaban J connectivity index is 1.65. The third-order valence-corrected chi connectivity index (χ3v) is 5.17. The second kappa shape index (κ2) is 7.16. The van der Waals surface area contributed by atoms with Crippen LogP contribution in [0.1, 0.15) is 30.6 Å². The molecule has 1 aliphatic rings. The third kappa shape index (κ3) is 4.30. The van der Waals surface area contributed by atoms with Crippen LogP contribution in [0.3, 0.4) is 0 Å². The first-order valence-corrected chi connectivity index (χ1v) is 8.36. The van der Waals surface area contributed by atoms with Gasteiger partial charge >= 0.3 is 0 Å². The number of amides is 1. The molecule has 2 atom stereocenters. The lowest BCUT2D eigenvalue weighted by Gasteiger charge is -2.28. The van der Waals surface area contributed by atoms with E-state index in [1.165, 1.54) is 4.88 Å². The molecule has 0 aromatic carbocycles. The molecule has 1 aromatic rings. The van der Waals surface area contributed by atoms with Gasteiger partial charge in [-0.25, -0.2) is 0 Å². The Kier molecular flexibility index (Phi) is 5.53. The van der Waals surface area contributed by atoms with E-state index in [2.05, 4.69) is 11.4 Å². The van der Waals surface area contributed by atoms with Crippen molar-refractivity contribution < 1.29 is 9.90 Å². The number of nitrogens with one attached hydrogen (secondary N) is 1. The molecule has 0 radical (unpaired) electrons. The summed E-state index contributed by atoms with van der Waals surface area (Å²) in [6.45, 7) is 0. The summed E-state index contributed by atoms with van der Waals surface area (Å²) in [7, 11) is 0. The van der Waals surface area contributed by atoms with Crippen LogP contribution < -0.4 is 5.32 Å². The number of rotatable bonds is 5. The molecule has 0 aliphatic heterocycles. The number of aliphatic hydroxyl groups excluding tert-OH is 1. The monoisotopic (exact) mass is 285 g/mol. The smallest absolute Gasteiger partial charge is 0.230 e. The largest absolute Gasteiger partial charge is 0.391 e. The molecule has 1 aromatic heterocycles. The van der Waals surface area contributed by atoms with Gasteiger partial charge in [-0.2, -0.15) is 0 Å². The van der Waals surface area contributed by atoms with E-state index in [-0.39, 0.29) is 18.1 Å². The SMILES string of the molecule is O=C(CSCc1cccs1)NC1CCCCC1O. The van der Waals surface area contributed by atoms with Crippen molar-refractivity contribution in [3.05, 3.63) is 22.4 Å². The van der Waals surface area contributed by atoms with E-state index in [4.69, 9.17) is 0 Å². The van der Waals surface area contributed by atoms with Gasteiger partial charge in [0.15, 0.2) is 0 Å². The van der Waals surface area contributed by atoms with Crippen LogP contribution in [0.2, 0.25) is 0 Å². The lowest BCUT2D eigenvalue weighted by molar-refractivity contribution is -0.120. The Morgan fingerprint density at radius 1 is 1.50 bits per heavy atom. The molecule has 100 valence electrons. The minimum atomic E-state index is -0.356. The highest BCUT2D eigenvalue weighted by Gasteiger charge is 2.24. The number of thiophene rings is 1. The van der Waals surface area contributed by atoms with E-state index in [1.54, 1.807) is 23.1 Å². The maximum atomic E-state index is 11.7. The van der Waals surface area contributed by atoms with Gasteiger partial charge in [0, 0.05) is 10.6 Å². The normalized spacial score (nSPS) is 23.8. The second-order valence-corrected chi connectivity index (χ2v) is 6.62. The topological polar surface area (TPSA) is 49.3 Å². The first kappa shape index (κ1) is 13.9. The highest BCUT2D eigenvalue weighted by Crippen LogP contribution is 2.19. The Morgan fingerprint density at radius 2 is 2.33 bits per heavy atom. The quantitative estimate of drug-likeness (QED) is 0.873. The van der Waals surface area contributed by atoms with Crippen LogP contribution in [-0.4, -0.2) is 28.9 Å². The Labute approximate surface area is 116 Å². The molecule has 5 heteroatoms. The average molecular weight is 285 g/mol. The van der Waals surface area contributed by atoms with Gasteiger partial charge in [0.05, 0.1) is 17.9 Å². The third-order valence-electron chi connectivity index (χ3n) is 3.13. The summed E-state index contributed by atoms with van der Waals surface area (Å²) in [4.78, 5) is 13.0. The van der Waals surface area contributed by atoms with E-state index in [0.29, 0.717) is 5.75 Å². The summed E-state index contributed by atoms with van der Waals surface area (Å²) < 4.78 is 0. The van der Waals surface area contributed by atoms with Crippen molar-refractivity contribution >= 4 is 29.0 Å². The van der Waals surface area contributed by atoms with E-state index < -0.39 is 0 Å². The van der Waals surface area contributed by atoms with Crippen LogP contribution >= 0.6 is 23.1 Å². The maximum Gasteiger partial charge on any atom is 0.230 e. The summed E-state index contributed by atoms with van der Waals surface area (Å²) in [5, 5.41) is 14.8. The van der Waals surface area contributed by atoms with E-state index in [1.807, 2.05) is 11.4 Å². The predicted octanol–water partition coefficient (Wildman–Crippen LogP) is 2.40. The van der Waals surface area contributed by atoms with Gasteiger partial charge in [-0.05, 0) is 24.3 Å². The van der Waals surface area contributed by atoms with Crippen LogP contribution in [0.5, 0.6) is 0 Å². The summed E-state index contributed by atoms with van der Waals surface area (Å²) in [5.41, 5.74) is 0. The summed E-state index contributed by atoms with van der Waals surface area (Å²) in [6.07, 6.45) is 3.53. The van der Waals surface area contributed by atoms with Gasteiger partial charge in [-0.3, -0.25) is 4.79 Å². The molecule has 1 saturated carbocycles. The minimum Gasteiger partial charge on any atom is -0.391 e. The van der Waals surface area contributed by atoms with Gasteiger partial charge in [0.2, 0.25) is 5.91 Å². The molecular formula is C13H19NO2S2. The van der Waals surface area contributed by atoms with Crippen molar-refractivity contribution in [3.8, 4) is 0 Å². The van der Waals surface area contributed by atoms with Crippen LogP contribution in [0.4, 0.5) is 0 Å². The molecule has 3 nitrogen and oxygen atoms in total. The minimum absolute atomic E-state index is 0.0337. The first-order chi connectivity index (χ1) is 8.75. The molecule has 2 unspecified atom stereocenters. The highest BCUT2D eigenvalue weighted by molar-refractivity contribution is 7.99. The fourth-order valence-electron chi connectivity index (χ4n) is 2.17. The molecule has 1 heterocycles. The molecule has 0 saturated heterocycles. The van der Waals surface area contributed by atoms with Crippen molar-refractivity contribution in [1.82, 2.24) is 5.32 Å². The van der Waals surface area contributed by atoms with Crippen LogP contribution in [0, 0.1) is 0 Å². The number of hydrogen-bond acceptors (Lipinski definition) is 4. The lowest BCUT2D eigenvalue weighted by atomic mass is 9.93. The molecule has 0 spiro atoms. The standard InChI is InChI=1S/C13H19NO2S2/c15-12-6-2-1-5-11(12)14-13(16)9-17-8-10-4-3-7-18-10/h3-4,7,11-12,15H,1-2,5-6,8-9H2,(H,14,16). The van der Waals surface area contributed by atoms with E-state index in [0.717, 1.165) is 31.4 Å². The average Bonchev–Trinajstić information content (AvgIpc) is 2.85. The number of carbonyl (C=O) groups is 1. The molecule has 18 heavy (non-hydrogen) atoms. The van der Waals surface area contributed by atoms with Crippen LogP contribution in [0.25, 0.3) is 0 Å². The summed E-state index contributed by atoms with van der Waals surface area (Å²) in [6, 6.07) is 4.08. The fraction of sp³-hybridized carbons (Fsp3) is 0.615. The maximum absolute atomic E-state index is 11.7. The molecule has 1 fully saturated rings. The van der Waals surface area contributed by atoms with Gasteiger partial charge < -0.3 is 10.4 Å².